The fourth-order valence-electron chi connectivity index (χ4n) is 4.08. The van der Waals surface area contributed by atoms with Gasteiger partial charge in [0.15, 0.2) is 5.13 Å². The minimum atomic E-state index is -1.01. The first kappa shape index (κ1) is 23.5. The second kappa shape index (κ2) is 9.43. The Kier molecular flexibility index (Phi) is 6.15. The number of amides is 1. The molecule has 1 aliphatic heterocycles. The van der Waals surface area contributed by atoms with Crippen molar-refractivity contribution in [2.75, 3.05) is 11.5 Å². The number of aromatic hydroxyl groups is 1. The minimum Gasteiger partial charge on any atom is -0.508 e. The van der Waals surface area contributed by atoms with Crippen LogP contribution in [0.1, 0.15) is 30.5 Å². The van der Waals surface area contributed by atoms with Gasteiger partial charge in [0, 0.05) is 5.56 Å². The van der Waals surface area contributed by atoms with E-state index in [9.17, 15) is 24.2 Å². The molecule has 9 heteroatoms. The minimum absolute atomic E-state index is 0.00818. The molecule has 2 N–H and O–H groups in total. The number of aromatic nitrogens is 1. The molecule has 0 spiro atoms. The number of carbonyl (C=O) groups excluding carboxylic acids is 2. The molecule has 1 unspecified atom stereocenters. The highest BCUT2D eigenvalue weighted by Crippen LogP contribution is 2.44. The maximum absolute atomic E-state index is 13.8. The Morgan fingerprint density at radius 1 is 1.08 bits per heavy atom. The number of fused-ring (bicyclic) bond motifs is 1. The molecule has 1 fully saturated rings. The summed E-state index contributed by atoms with van der Waals surface area (Å²) in [6.45, 7) is 2.54. The van der Waals surface area contributed by atoms with Crippen LogP contribution in [0.2, 0.25) is 0 Å². The van der Waals surface area contributed by atoms with E-state index in [0.717, 1.165) is 17.8 Å². The number of ether oxygens (including phenoxy) is 1. The summed E-state index contributed by atoms with van der Waals surface area (Å²) < 4.78 is 19.9. The van der Waals surface area contributed by atoms with Crippen molar-refractivity contribution in [1.29, 1.82) is 0 Å². The molecule has 3 aromatic carbocycles. The molecular formula is C27H21FN2O5S. The predicted octanol–water partition coefficient (Wildman–Crippen LogP) is 5.56. The summed E-state index contributed by atoms with van der Waals surface area (Å²) in [4.78, 5) is 32.2. The van der Waals surface area contributed by atoms with Crippen molar-refractivity contribution in [3.8, 4) is 11.5 Å². The first-order valence-electron chi connectivity index (χ1n) is 11.3. The van der Waals surface area contributed by atoms with Crippen molar-refractivity contribution in [3.63, 3.8) is 0 Å². The number of ketones is 1. The molecule has 0 radical (unpaired) electrons. The van der Waals surface area contributed by atoms with E-state index >= 15 is 0 Å². The number of anilines is 1. The molecule has 0 bridgehead atoms. The van der Waals surface area contributed by atoms with Crippen LogP contribution in [0.4, 0.5) is 9.52 Å². The van der Waals surface area contributed by atoms with Gasteiger partial charge < -0.3 is 14.9 Å². The van der Waals surface area contributed by atoms with Crippen LogP contribution in [0.25, 0.3) is 16.0 Å². The summed E-state index contributed by atoms with van der Waals surface area (Å²) >= 11 is 1.07. The van der Waals surface area contributed by atoms with Crippen LogP contribution in [-0.2, 0) is 9.59 Å². The second-order valence-corrected chi connectivity index (χ2v) is 9.25. The molecular weight excluding hydrogens is 483 g/mol. The summed E-state index contributed by atoms with van der Waals surface area (Å²) in [7, 11) is 0. The summed E-state index contributed by atoms with van der Waals surface area (Å²) in [5.41, 5.74) is 1.19. The van der Waals surface area contributed by atoms with Gasteiger partial charge >= 0.3 is 5.91 Å². The lowest BCUT2D eigenvalue weighted by Crippen LogP contribution is -2.29. The number of Topliss-reactive ketones (excluding diaryl/α,β-unsaturated/α-hetero) is 1. The monoisotopic (exact) mass is 504 g/mol. The molecule has 182 valence electrons. The summed E-state index contributed by atoms with van der Waals surface area (Å²) in [6, 6.07) is 15.7. The largest absolute Gasteiger partial charge is 0.508 e. The van der Waals surface area contributed by atoms with Gasteiger partial charge in [-0.2, -0.15) is 0 Å². The molecule has 1 amide bonds. The Balaban J connectivity index is 1.65. The van der Waals surface area contributed by atoms with Crippen LogP contribution < -0.4 is 9.64 Å². The highest BCUT2D eigenvalue weighted by molar-refractivity contribution is 7.22. The molecule has 7 nitrogen and oxygen atoms in total. The van der Waals surface area contributed by atoms with E-state index in [4.69, 9.17) is 4.74 Å². The quantitative estimate of drug-likeness (QED) is 0.203. The molecule has 2 heterocycles. The molecule has 36 heavy (non-hydrogen) atoms. The number of rotatable bonds is 6. The van der Waals surface area contributed by atoms with Crippen molar-refractivity contribution >= 4 is 44.1 Å². The molecule has 1 atom stereocenters. The smallest absolute Gasteiger partial charge is 0.301 e. The number of hydrogen-bond acceptors (Lipinski definition) is 7. The number of carbonyl (C=O) groups is 2. The molecule has 1 aromatic heterocycles. The van der Waals surface area contributed by atoms with Gasteiger partial charge in [0.2, 0.25) is 0 Å². The average molecular weight is 505 g/mol. The molecule has 0 aliphatic carbocycles. The number of halogens is 1. The van der Waals surface area contributed by atoms with Crippen molar-refractivity contribution in [2.45, 2.75) is 19.4 Å². The zero-order valence-electron chi connectivity index (χ0n) is 19.1. The maximum atomic E-state index is 13.8. The summed E-state index contributed by atoms with van der Waals surface area (Å²) in [5, 5.41) is 21.2. The lowest BCUT2D eigenvalue weighted by atomic mass is 9.95. The van der Waals surface area contributed by atoms with Gasteiger partial charge in [-0.3, -0.25) is 14.5 Å². The van der Waals surface area contributed by atoms with E-state index in [2.05, 4.69) is 4.98 Å². The van der Waals surface area contributed by atoms with Crippen molar-refractivity contribution in [3.05, 3.63) is 89.2 Å². The Bertz CT molecular complexity index is 1500. The van der Waals surface area contributed by atoms with Gasteiger partial charge in [-0.1, -0.05) is 30.4 Å². The fourth-order valence-corrected chi connectivity index (χ4v) is 5.09. The topological polar surface area (TPSA) is 100.0 Å². The van der Waals surface area contributed by atoms with E-state index in [1.807, 2.05) is 6.92 Å². The number of aliphatic hydroxyl groups is 1. The Hall–Kier alpha value is -4.24. The van der Waals surface area contributed by atoms with Gasteiger partial charge in [-0.25, -0.2) is 9.37 Å². The Labute approximate surface area is 209 Å². The molecule has 1 aliphatic rings. The highest BCUT2D eigenvalue weighted by Gasteiger charge is 2.48. The number of hydrogen-bond donors (Lipinski definition) is 2. The molecule has 4 aromatic rings. The number of phenolic OH excluding ortho intramolecular Hbond substituents is 1. The summed E-state index contributed by atoms with van der Waals surface area (Å²) in [6.07, 6.45) is 0.843. The lowest BCUT2D eigenvalue weighted by Gasteiger charge is -2.23. The Morgan fingerprint density at radius 2 is 1.81 bits per heavy atom. The van der Waals surface area contributed by atoms with Gasteiger partial charge in [0.05, 0.1) is 28.4 Å². The zero-order chi connectivity index (χ0) is 25.4. The summed E-state index contributed by atoms with van der Waals surface area (Å²) in [5.74, 6) is -1.90. The zero-order valence-corrected chi connectivity index (χ0v) is 20.0. The van der Waals surface area contributed by atoms with E-state index in [0.29, 0.717) is 33.7 Å². The van der Waals surface area contributed by atoms with Crippen LogP contribution in [0.3, 0.4) is 0 Å². The van der Waals surface area contributed by atoms with Gasteiger partial charge in [-0.15, -0.1) is 0 Å². The van der Waals surface area contributed by atoms with Crippen LogP contribution >= 0.6 is 11.3 Å². The first-order chi connectivity index (χ1) is 17.4. The Morgan fingerprint density at radius 3 is 2.50 bits per heavy atom. The number of benzene rings is 3. The van der Waals surface area contributed by atoms with Crippen LogP contribution in [0.15, 0.2) is 72.3 Å². The van der Waals surface area contributed by atoms with E-state index in [1.54, 1.807) is 36.4 Å². The number of nitrogens with zero attached hydrogens (tertiary/aromatic N) is 2. The normalized spacial score (nSPS) is 17.2. The van der Waals surface area contributed by atoms with E-state index in [1.165, 1.54) is 35.2 Å². The SMILES string of the molecule is CCCOc1ccc(/C(O)=C2\C(=O)C(=O)N(c3nc4ccc(F)cc4s3)C2c2ccc(O)cc2)cc1. The van der Waals surface area contributed by atoms with Crippen LogP contribution in [0.5, 0.6) is 11.5 Å². The van der Waals surface area contributed by atoms with Crippen molar-refractivity contribution < 1.29 is 28.9 Å². The third kappa shape index (κ3) is 4.18. The average Bonchev–Trinajstić information content (AvgIpc) is 3.40. The fraction of sp³-hybridized carbons (Fsp3) is 0.148. The standard InChI is InChI=1S/C27H21FN2O5S/c1-2-13-35-19-10-5-16(6-11-19)24(32)22-23(15-3-8-18(31)9-4-15)30(26(34)25(22)33)27-29-20-12-7-17(28)14-21(20)36-27/h3-12,14,23,31-32H,2,13H2,1H3/b24-22+. The number of thiazole rings is 1. The number of phenols is 1. The highest BCUT2D eigenvalue weighted by atomic mass is 32.1. The van der Waals surface area contributed by atoms with E-state index < -0.39 is 23.5 Å². The van der Waals surface area contributed by atoms with E-state index in [-0.39, 0.29) is 22.2 Å². The van der Waals surface area contributed by atoms with Crippen LogP contribution in [0, 0.1) is 5.82 Å². The first-order valence-corrected chi connectivity index (χ1v) is 12.1. The molecule has 0 saturated carbocycles. The second-order valence-electron chi connectivity index (χ2n) is 8.24. The van der Waals surface area contributed by atoms with Crippen LogP contribution in [-0.4, -0.2) is 33.5 Å². The van der Waals surface area contributed by atoms with Gasteiger partial charge in [-0.05, 0) is 66.6 Å². The third-order valence-electron chi connectivity index (χ3n) is 5.80. The third-order valence-corrected chi connectivity index (χ3v) is 6.82. The number of aliphatic hydroxyl groups excluding tert-OH is 1. The predicted molar refractivity (Wildman–Crippen MR) is 135 cm³/mol. The van der Waals surface area contributed by atoms with Gasteiger partial charge in [0.1, 0.15) is 23.1 Å². The lowest BCUT2D eigenvalue weighted by molar-refractivity contribution is -0.132. The maximum Gasteiger partial charge on any atom is 0.301 e. The molecule has 1 saturated heterocycles. The van der Waals surface area contributed by atoms with Crippen molar-refractivity contribution in [1.82, 2.24) is 4.98 Å². The molecule has 5 rings (SSSR count). The van der Waals surface area contributed by atoms with Gasteiger partial charge in [0.25, 0.3) is 5.78 Å². The van der Waals surface area contributed by atoms with Crippen molar-refractivity contribution in [2.24, 2.45) is 0 Å².